The number of hydrogen-bond donors (Lipinski definition) is 1. The minimum atomic E-state index is -0.154. The highest BCUT2D eigenvalue weighted by Crippen LogP contribution is 2.37. The van der Waals surface area contributed by atoms with E-state index in [1.54, 1.807) is 0 Å². The number of ether oxygens (including phenoxy) is 1. The summed E-state index contributed by atoms with van der Waals surface area (Å²) in [5, 5.41) is 0. The molecule has 0 amide bonds. The van der Waals surface area contributed by atoms with Crippen LogP contribution in [0.2, 0.25) is 0 Å². The molecule has 4 heteroatoms. The molecule has 1 aromatic rings. The molecule has 0 aliphatic heterocycles. The standard InChI is InChI=1S/C15H27N3O/c1-4-19-15(7-5-6-12(2)11-15)13(16)10-14-17-8-9-18(14)3/h8-9,12-13H,4-7,10-11,16H2,1-3H3. The van der Waals surface area contributed by atoms with Crippen LogP contribution in [0.3, 0.4) is 0 Å². The molecule has 1 saturated carbocycles. The van der Waals surface area contributed by atoms with Crippen molar-refractivity contribution in [3.63, 3.8) is 0 Å². The van der Waals surface area contributed by atoms with Crippen LogP contribution in [0, 0.1) is 5.92 Å². The molecule has 2 rings (SSSR count). The van der Waals surface area contributed by atoms with E-state index in [4.69, 9.17) is 10.5 Å². The van der Waals surface area contributed by atoms with E-state index in [0.717, 1.165) is 31.7 Å². The van der Waals surface area contributed by atoms with Crippen molar-refractivity contribution in [2.24, 2.45) is 18.7 Å². The summed E-state index contributed by atoms with van der Waals surface area (Å²) >= 11 is 0. The van der Waals surface area contributed by atoms with Crippen LogP contribution in [0.5, 0.6) is 0 Å². The lowest BCUT2D eigenvalue weighted by molar-refractivity contribution is -0.0928. The van der Waals surface area contributed by atoms with Gasteiger partial charge in [0, 0.05) is 38.5 Å². The number of aryl methyl sites for hydroxylation is 1. The summed E-state index contributed by atoms with van der Waals surface area (Å²) in [7, 11) is 2.02. The first-order valence-electron chi connectivity index (χ1n) is 7.43. The second-order valence-corrected chi connectivity index (χ2v) is 5.96. The van der Waals surface area contributed by atoms with Gasteiger partial charge >= 0.3 is 0 Å². The zero-order valence-corrected chi connectivity index (χ0v) is 12.4. The molecule has 4 nitrogen and oxygen atoms in total. The van der Waals surface area contributed by atoms with E-state index in [1.165, 1.54) is 12.8 Å². The highest BCUT2D eigenvalue weighted by atomic mass is 16.5. The average Bonchev–Trinajstić information content (AvgIpc) is 2.75. The lowest BCUT2D eigenvalue weighted by atomic mass is 9.74. The number of nitrogens with zero attached hydrogens (tertiary/aromatic N) is 2. The Hall–Kier alpha value is -0.870. The second kappa shape index (κ2) is 6.06. The van der Waals surface area contributed by atoms with Crippen molar-refractivity contribution in [2.75, 3.05) is 6.61 Å². The fourth-order valence-electron chi connectivity index (χ4n) is 3.38. The maximum Gasteiger partial charge on any atom is 0.110 e. The summed E-state index contributed by atoms with van der Waals surface area (Å²) in [6, 6.07) is 0.0244. The molecule has 108 valence electrons. The molecule has 0 bridgehead atoms. The summed E-state index contributed by atoms with van der Waals surface area (Å²) in [5.74, 6) is 1.75. The molecule has 1 heterocycles. The Labute approximate surface area is 116 Å². The molecule has 1 fully saturated rings. The van der Waals surface area contributed by atoms with Gasteiger partial charge in [0.15, 0.2) is 0 Å². The Kier molecular flexibility index (Phi) is 4.63. The minimum Gasteiger partial charge on any atom is -0.374 e. The average molecular weight is 265 g/mol. The lowest BCUT2D eigenvalue weighted by Crippen LogP contribution is -2.54. The SMILES string of the molecule is CCOC1(C(N)Cc2nccn2C)CCCC(C)C1. The molecule has 2 N–H and O–H groups in total. The first kappa shape index (κ1) is 14.5. The Morgan fingerprint density at radius 3 is 3.00 bits per heavy atom. The summed E-state index contributed by atoms with van der Waals surface area (Å²) in [5.41, 5.74) is 6.36. The van der Waals surface area contributed by atoms with E-state index in [0.29, 0.717) is 5.92 Å². The third-order valence-electron chi connectivity index (χ3n) is 4.42. The quantitative estimate of drug-likeness (QED) is 0.888. The summed E-state index contributed by atoms with van der Waals surface area (Å²) in [6.45, 7) is 5.11. The Balaban J connectivity index is 2.11. The van der Waals surface area contributed by atoms with Gasteiger partial charge < -0.3 is 15.0 Å². The monoisotopic (exact) mass is 265 g/mol. The molecule has 0 radical (unpaired) electrons. The van der Waals surface area contributed by atoms with Gasteiger partial charge in [-0.05, 0) is 25.7 Å². The van der Waals surface area contributed by atoms with E-state index in [9.17, 15) is 0 Å². The number of aromatic nitrogens is 2. The van der Waals surface area contributed by atoms with E-state index in [-0.39, 0.29) is 11.6 Å². The highest BCUT2D eigenvalue weighted by molar-refractivity contribution is 5.02. The Bertz CT molecular complexity index is 400. The minimum absolute atomic E-state index is 0.0244. The predicted octanol–water partition coefficient (Wildman–Crippen LogP) is 2.28. The van der Waals surface area contributed by atoms with Crippen LogP contribution in [-0.4, -0.2) is 27.8 Å². The maximum atomic E-state index is 6.51. The molecule has 3 unspecified atom stereocenters. The van der Waals surface area contributed by atoms with Crippen LogP contribution in [0.4, 0.5) is 0 Å². The van der Waals surface area contributed by atoms with Crippen molar-refractivity contribution in [3.8, 4) is 0 Å². The first-order valence-corrected chi connectivity index (χ1v) is 7.43. The van der Waals surface area contributed by atoms with Gasteiger partial charge in [0.25, 0.3) is 0 Å². The largest absolute Gasteiger partial charge is 0.374 e. The van der Waals surface area contributed by atoms with Gasteiger partial charge in [-0.2, -0.15) is 0 Å². The zero-order valence-electron chi connectivity index (χ0n) is 12.4. The number of nitrogens with two attached hydrogens (primary N) is 1. The van der Waals surface area contributed by atoms with E-state index >= 15 is 0 Å². The molecule has 0 spiro atoms. The van der Waals surface area contributed by atoms with Crippen LogP contribution in [0.25, 0.3) is 0 Å². The molecule has 0 saturated heterocycles. The normalized spacial score (nSPS) is 29.4. The third kappa shape index (κ3) is 3.18. The number of imidazole rings is 1. The van der Waals surface area contributed by atoms with Crippen molar-refractivity contribution in [3.05, 3.63) is 18.2 Å². The van der Waals surface area contributed by atoms with Crippen LogP contribution in [0.1, 0.15) is 45.4 Å². The van der Waals surface area contributed by atoms with Crippen molar-refractivity contribution < 1.29 is 4.74 Å². The summed E-state index contributed by atoms with van der Waals surface area (Å²) in [6.07, 6.45) is 9.26. The van der Waals surface area contributed by atoms with E-state index in [2.05, 4.69) is 18.8 Å². The molecule has 1 aliphatic carbocycles. The van der Waals surface area contributed by atoms with Crippen LogP contribution in [-0.2, 0) is 18.2 Å². The summed E-state index contributed by atoms with van der Waals surface area (Å²) in [4.78, 5) is 4.39. The number of rotatable bonds is 5. The van der Waals surface area contributed by atoms with Gasteiger partial charge in [0.2, 0.25) is 0 Å². The van der Waals surface area contributed by atoms with Crippen LogP contribution < -0.4 is 5.73 Å². The first-order chi connectivity index (χ1) is 9.07. The smallest absolute Gasteiger partial charge is 0.110 e. The van der Waals surface area contributed by atoms with Crippen LogP contribution >= 0.6 is 0 Å². The van der Waals surface area contributed by atoms with Crippen molar-refractivity contribution in [1.82, 2.24) is 9.55 Å². The second-order valence-electron chi connectivity index (χ2n) is 5.96. The molecule has 1 aliphatic rings. The van der Waals surface area contributed by atoms with Crippen LogP contribution in [0.15, 0.2) is 12.4 Å². The molecular weight excluding hydrogens is 238 g/mol. The van der Waals surface area contributed by atoms with Gasteiger partial charge in [0.05, 0.1) is 5.60 Å². The lowest BCUT2D eigenvalue weighted by Gasteiger charge is -2.43. The molecular formula is C15H27N3O. The molecule has 3 atom stereocenters. The van der Waals surface area contributed by atoms with Gasteiger partial charge in [-0.3, -0.25) is 0 Å². The zero-order chi connectivity index (χ0) is 13.9. The third-order valence-corrected chi connectivity index (χ3v) is 4.42. The van der Waals surface area contributed by atoms with Crippen molar-refractivity contribution in [2.45, 2.75) is 57.6 Å². The van der Waals surface area contributed by atoms with E-state index in [1.807, 2.05) is 24.0 Å². The number of hydrogen-bond acceptors (Lipinski definition) is 3. The van der Waals surface area contributed by atoms with Crippen molar-refractivity contribution in [1.29, 1.82) is 0 Å². The van der Waals surface area contributed by atoms with Gasteiger partial charge in [-0.1, -0.05) is 19.8 Å². The fourth-order valence-corrected chi connectivity index (χ4v) is 3.38. The predicted molar refractivity (Wildman–Crippen MR) is 76.9 cm³/mol. The fraction of sp³-hybridized carbons (Fsp3) is 0.800. The summed E-state index contributed by atoms with van der Waals surface area (Å²) < 4.78 is 8.18. The molecule has 0 aromatic carbocycles. The van der Waals surface area contributed by atoms with Gasteiger partial charge in [-0.25, -0.2) is 4.98 Å². The van der Waals surface area contributed by atoms with Gasteiger partial charge in [-0.15, -0.1) is 0 Å². The Morgan fingerprint density at radius 1 is 1.63 bits per heavy atom. The maximum absolute atomic E-state index is 6.51. The Morgan fingerprint density at radius 2 is 2.42 bits per heavy atom. The molecule has 1 aromatic heterocycles. The molecule has 19 heavy (non-hydrogen) atoms. The van der Waals surface area contributed by atoms with Gasteiger partial charge in [0.1, 0.15) is 5.82 Å². The van der Waals surface area contributed by atoms with E-state index < -0.39 is 0 Å². The highest BCUT2D eigenvalue weighted by Gasteiger charge is 2.41. The topological polar surface area (TPSA) is 53.1 Å². The van der Waals surface area contributed by atoms with Crippen molar-refractivity contribution >= 4 is 0 Å².